The minimum atomic E-state index is -0.265. The van der Waals surface area contributed by atoms with E-state index in [0.29, 0.717) is 13.1 Å². The molecule has 0 atom stereocenters. The lowest BCUT2D eigenvalue weighted by Gasteiger charge is -2.23. The topological polar surface area (TPSA) is 46.1 Å². The van der Waals surface area contributed by atoms with Crippen LogP contribution in [0, 0.1) is 5.82 Å². The molecule has 0 spiro atoms. The first-order chi connectivity index (χ1) is 11.2. The first-order valence-electron chi connectivity index (χ1n) is 7.95. The summed E-state index contributed by atoms with van der Waals surface area (Å²) in [6.45, 7) is 3.34. The number of hydrogen-bond acceptors (Lipinski definition) is 3. The van der Waals surface area contributed by atoms with Crippen molar-refractivity contribution >= 4 is 5.91 Å². The highest BCUT2D eigenvalue weighted by molar-refractivity contribution is 5.78. The van der Waals surface area contributed by atoms with Gasteiger partial charge in [-0.1, -0.05) is 31.9 Å². The Morgan fingerprint density at radius 2 is 1.78 bits per heavy atom. The number of aromatic nitrogens is 2. The smallest absolute Gasteiger partial charge is 0.227 e. The molecule has 5 heteroatoms. The molecule has 1 heterocycles. The molecule has 0 aliphatic rings. The molecule has 0 fully saturated rings. The summed E-state index contributed by atoms with van der Waals surface area (Å²) in [4.78, 5) is 22.3. The molecule has 0 bridgehead atoms. The second kappa shape index (κ2) is 8.98. The van der Waals surface area contributed by atoms with Gasteiger partial charge in [0.05, 0.1) is 6.42 Å². The molecule has 0 saturated carbocycles. The fourth-order valence-corrected chi connectivity index (χ4v) is 2.36. The molecule has 122 valence electrons. The van der Waals surface area contributed by atoms with E-state index in [1.54, 1.807) is 24.5 Å². The van der Waals surface area contributed by atoms with Crippen molar-refractivity contribution < 1.29 is 9.18 Å². The number of carbonyl (C=O) groups excluding carboxylic acids is 1. The van der Waals surface area contributed by atoms with Crippen LogP contribution in [0.5, 0.6) is 0 Å². The quantitative estimate of drug-likeness (QED) is 0.702. The first-order valence-corrected chi connectivity index (χ1v) is 7.95. The van der Waals surface area contributed by atoms with Gasteiger partial charge >= 0.3 is 0 Å². The maximum Gasteiger partial charge on any atom is 0.227 e. The van der Waals surface area contributed by atoms with Gasteiger partial charge in [-0.05, 0) is 29.7 Å². The summed E-state index contributed by atoms with van der Waals surface area (Å²) in [6.07, 6.45) is 8.21. The van der Waals surface area contributed by atoms with Gasteiger partial charge in [-0.15, -0.1) is 0 Å². The number of amides is 1. The predicted octanol–water partition coefficient (Wildman–Crippen LogP) is 3.38. The van der Waals surface area contributed by atoms with Crippen LogP contribution in [0.2, 0.25) is 0 Å². The van der Waals surface area contributed by atoms with Crippen molar-refractivity contribution in [3.8, 4) is 0 Å². The van der Waals surface area contributed by atoms with Crippen LogP contribution in [-0.4, -0.2) is 27.3 Å². The fraction of sp³-hybridized carbons (Fsp3) is 0.389. The SMILES string of the molecule is CCCCCN(Cc1ccc(F)cc1)C(=O)Cc1cncnc1. The van der Waals surface area contributed by atoms with E-state index < -0.39 is 0 Å². The Labute approximate surface area is 136 Å². The highest BCUT2D eigenvalue weighted by atomic mass is 19.1. The molecule has 0 aliphatic carbocycles. The minimum absolute atomic E-state index is 0.0419. The molecule has 23 heavy (non-hydrogen) atoms. The van der Waals surface area contributed by atoms with E-state index in [9.17, 15) is 9.18 Å². The van der Waals surface area contributed by atoms with E-state index in [1.807, 2.05) is 4.90 Å². The Morgan fingerprint density at radius 3 is 2.43 bits per heavy atom. The number of nitrogens with zero attached hydrogens (tertiary/aromatic N) is 3. The number of carbonyl (C=O) groups is 1. The number of benzene rings is 1. The molecule has 1 aromatic carbocycles. The summed E-state index contributed by atoms with van der Waals surface area (Å²) in [5.74, 6) is -0.223. The van der Waals surface area contributed by atoms with Crippen LogP contribution in [0.3, 0.4) is 0 Å². The molecule has 0 aliphatic heterocycles. The molecule has 0 radical (unpaired) electrons. The standard InChI is InChI=1S/C18H22FN3O/c1-2-3-4-9-22(13-15-5-7-17(19)8-6-15)18(23)10-16-11-20-14-21-12-16/h5-8,11-12,14H,2-4,9-10,13H2,1H3. The third kappa shape index (κ3) is 5.77. The Balaban J connectivity index is 2.03. The van der Waals surface area contributed by atoms with E-state index in [1.165, 1.54) is 18.5 Å². The molecule has 2 rings (SSSR count). The molecule has 2 aromatic rings. The van der Waals surface area contributed by atoms with Crippen molar-refractivity contribution in [2.24, 2.45) is 0 Å². The van der Waals surface area contributed by atoms with Crippen LogP contribution < -0.4 is 0 Å². The number of unbranched alkanes of at least 4 members (excludes halogenated alkanes) is 2. The van der Waals surface area contributed by atoms with E-state index in [2.05, 4.69) is 16.9 Å². The normalized spacial score (nSPS) is 10.5. The van der Waals surface area contributed by atoms with Crippen LogP contribution in [0.4, 0.5) is 4.39 Å². The summed E-state index contributed by atoms with van der Waals surface area (Å²) in [5.41, 5.74) is 1.73. The van der Waals surface area contributed by atoms with Gasteiger partial charge in [-0.25, -0.2) is 14.4 Å². The third-order valence-electron chi connectivity index (χ3n) is 3.64. The molecule has 4 nitrogen and oxygen atoms in total. The van der Waals surface area contributed by atoms with Crippen molar-refractivity contribution in [1.82, 2.24) is 14.9 Å². The summed E-state index contributed by atoms with van der Waals surface area (Å²) in [5, 5.41) is 0. The van der Waals surface area contributed by atoms with E-state index in [-0.39, 0.29) is 18.1 Å². The van der Waals surface area contributed by atoms with E-state index >= 15 is 0 Å². The second-order valence-electron chi connectivity index (χ2n) is 5.57. The third-order valence-corrected chi connectivity index (χ3v) is 3.64. The van der Waals surface area contributed by atoms with Crippen molar-refractivity contribution in [2.45, 2.75) is 39.2 Å². The van der Waals surface area contributed by atoms with E-state index in [4.69, 9.17) is 0 Å². The van der Waals surface area contributed by atoms with Crippen LogP contribution in [0.25, 0.3) is 0 Å². The Morgan fingerprint density at radius 1 is 1.09 bits per heavy atom. The largest absolute Gasteiger partial charge is 0.338 e. The summed E-state index contributed by atoms with van der Waals surface area (Å²) in [7, 11) is 0. The zero-order valence-corrected chi connectivity index (χ0v) is 13.4. The van der Waals surface area contributed by atoms with Crippen LogP contribution in [-0.2, 0) is 17.8 Å². The average molecular weight is 315 g/mol. The molecule has 1 amide bonds. The zero-order valence-electron chi connectivity index (χ0n) is 13.4. The average Bonchev–Trinajstić information content (AvgIpc) is 2.57. The fourth-order valence-electron chi connectivity index (χ4n) is 2.36. The second-order valence-corrected chi connectivity index (χ2v) is 5.57. The molecular formula is C18H22FN3O. The van der Waals surface area contributed by atoms with Gasteiger partial charge in [0, 0.05) is 25.5 Å². The summed E-state index contributed by atoms with van der Waals surface area (Å²) in [6, 6.07) is 6.30. The maximum absolute atomic E-state index is 13.0. The number of hydrogen-bond donors (Lipinski definition) is 0. The van der Waals surface area contributed by atoms with Crippen molar-refractivity contribution in [3.63, 3.8) is 0 Å². The van der Waals surface area contributed by atoms with Crippen LogP contribution in [0.15, 0.2) is 43.0 Å². The van der Waals surface area contributed by atoms with Crippen molar-refractivity contribution in [3.05, 3.63) is 59.9 Å². The van der Waals surface area contributed by atoms with Crippen LogP contribution in [0.1, 0.15) is 37.3 Å². The van der Waals surface area contributed by atoms with E-state index in [0.717, 1.165) is 30.4 Å². The molecule has 0 unspecified atom stereocenters. The zero-order chi connectivity index (χ0) is 16.5. The van der Waals surface area contributed by atoms with Gasteiger partial charge in [0.1, 0.15) is 12.1 Å². The predicted molar refractivity (Wildman–Crippen MR) is 87.1 cm³/mol. The molecule has 0 N–H and O–H groups in total. The van der Waals surface area contributed by atoms with Gasteiger partial charge in [-0.2, -0.15) is 0 Å². The lowest BCUT2D eigenvalue weighted by molar-refractivity contribution is -0.131. The highest BCUT2D eigenvalue weighted by Crippen LogP contribution is 2.10. The Kier molecular flexibility index (Phi) is 6.66. The van der Waals surface area contributed by atoms with Crippen molar-refractivity contribution in [1.29, 1.82) is 0 Å². The lowest BCUT2D eigenvalue weighted by atomic mass is 10.1. The first kappa shape index (κ1) is 17.1. The molecular weight excluding hydrogens is 293 g/mol. The van der Waals surface area contributed by atoms with Gasteiger partial charge in [0.25, 0.3) is 0 Å². The Bertz CT molecular complexity index is 601. The Hall–Kier alpha value is -2.30. The minimum Gasteiger partial charge on any atom is -0.338 e. The number of rotatable bonds is 8. The van der Waals surface area contributed by atoms with Gasteiger partial charge < -0.3 is 4.90 Å². The summed E-state index contributed by atoms with van der Waals surface area (Å²) < 4.78 is 13.0. The molecule has 1 aromatic heterocycles. The lowest BCUT2D eigenvalue weighted by Crippen LogP contribution is -2.32. The monoisotopic (exact) mass is 315 g/mol. The summed E-state index contributed by atoms with van der Waals surface area (Å²) >= 11 is 0. The van der Waals surface area contributed by atoms with Gasteiger partial charge in [0.2, 0.25) is 5.91 Å². The maximum atomic E-state index is 13.0. The number of halogens is 1. The van der Waals surface area contributed by atoms with Gasteiger partial charge in [0.15, 0.2) is 0 Å². The van der Waals surface area contributed by atoms with Crippen molar-refractivity contribution in [2.75, 3.05) is 6.54 Å². The van der Waals surface area contributed by atoms with Gasteiger partial charge in [-0.3, -0.25) is 4.79 Å². The van der Waals surface area contributed by atoms with Crippen LogP contribution >= 0.6 is 0 Å². The molecule has 0 saturated heterocycles. The highest BCUT2D eigenvalue weighted by Gasteiger charge is 2.14.